The Morgan fingerprint density at radius 1 is 1.19 bits per heavy atom. The number of hydrogen-bond donors (Lipinski definition) is 3. The molecule has 0 radical (unpaired) electrons. The Bertz CT molecular complexity index is 956. The molecule has 7 nitrogen and oxygen atoms in total. The van der Waals surface area contributed by atoms with E-state index in [9.17, 15) is 4.79 Å². The quantitative estimate of drug-likeness (QED) is 0.708. The molecule has 31 heavy (non-hydrogen) atoms. The number of amidine groups is 1. The maximum atomic E-state index is 12.9. The second-order valence-corrected chi connectivity index (χ2v) is 8.79. The number of benzene rings is 1. The third-order valence-electron chi connectivity index (χ3n) is 6.60. The highest BCUT2D eigenvalue weighted by molar-refractivity contribution is 6.09. The summed E-state index contributed by atoms with van der Waals surface area (Å²) in [6.07, 6.45) is 8.21. The minimum absolute atomic E-state index is 0.00759. The van der Waals surface area contributed by atoms with Gasteiger partial charge in [0.2, 0.25) is 0 Å². The number of anilines is 2. The molecule has 2 amide bonds. The van der Waals surface area contributed by atoms with Crippen molar-refractivity contribution in [2.45, 2.75) is 50.1 Å². The molecule has 1 aliphatic carbocycles. The van der Waals surface area contributed by atoms with E-state index in [4.69, 9.17) is 4.99 Å². The van der Waals surface area contributed by atoms with Crippen molar-refractivity contribution in [2.75, 3.05) is 30.3 Å². The van der Waals surface area contributed by atoms with Crippen molar-refractivity contribution in [3.8, 4) is 0 Å². The van der Waals surface area contributed by atoms with Gasteiger partial charge in [0.1, 0.15) is 11.4 Å². The fourth-order valence-corrected chi connectivity index (χ4v) is 4.87. The number of urea groups is 1. The molecule has 1 atom stereocenters. The molecule has 162 valence electrons. The first-order valence-corrected chi connectivity index (χ1v) is 11.4. The van der Waals surface area contributed by atoms with Crippen LogP contribution in [0.25, 0.3) is 0 Å². The number of aromatic nitrogens is 1. The number of hydrogen-bond acceptors (Lipinski definition) is 4. The maximum absolute atomic E-state index is 12.9. The fraction of sp³-hybridized carbons (Fsp3) is 0.458. The molecule has 2 aromatic rings. The largest absolute Gasteiger partial charge is 0.368 e. The number of fused-ring (bicyclic) bond motifs is 1. The summed E-state index contributed by atoms with van der Waals surface area (Å²) < 4.78 is 0. The smallest absolute Gasteiger partial charge is 0.317 e. The van der Waals surface area contributed by atoms with Gasteiger partial charge in [-0.3, -0.25) is 4.99 Å². The van der Waals surface area contributed by atoms with Crippen molar-refractivity contribution in [3.63, 3.8) is 0 Å². The zero-order valence-electron chi connectivity index (χ0n) is 17.8. The molecule has 1 saturated carbocycles. The van der Waals surface area contributed by atoms with Crippen LogP contribution in [-0.4, -0.2) is 53.0 Å². The SMILES string of the molecule is O=C(NCCc1ccccc1)N1CC[C@@]2(C1)Nc1cccnc1NC2=NC1CCCC1. The van der Waals surface area contributed by atoms with Gasteiger partial charge in [-0.1, -0.05) is 43.2 Å². The summed E-state index contributed by atoms with van der Waals surface area (Å²) in [7, 11) is 0. The van der Waals surface area contributed by atoms with Gasteiger partial charge in [-0.2, -0.15) is 0 Å². The number of carbonyl (C=O) groups is 1. The van der Waals surface area contributed by atoms with Crippen LogP contribution in [0.2, 0.25) is 0 Å². The molecule has 7 heteroatoms. The second-order valence-electron chi connectivity index (χ2n) is 8.79. The molecule has 1 saturated heterocycles. The van der Waals surface area contributed by atoms with Gasteiger partial charge in [-0.05, 0) is 43.4 Å². The Morgan fingerprint density at radius 3 is 2.87 bits per heavy atom. The molecule has 3 N–H and O–H groups in total. The summed E-state index contributed by atoms with van der Waals surface area (Å²) in [4.78, 5) is 24.4. The highest BCUT2D eigenvalue weighted by Gasteiger charge is 2.47. The summed E-state index contributed by atoms with van der Waals surface area (Å²) in [5.74, 6) is 1.75. The van der Waals surface area contributed by atoms with E-state index in [0.29, 0.717) is 25.7 Å². The van der Waals surface area contributed by atoms with Crippen molar-refractivity contribution in [3.05, 3.63) is 54.2 Å². The lowest BCUT2D eigenvalue weighted by Gasteiger charge is -2.38. The van der Waals surface area contributed by atoms with Gasteiger partial charge >= 0.3 is 6.03 Å². The van der Waals surface area contributed by atoms with Gasteiger partial charge in [-0.25, -0.2) is 9.78 Å². The Morgan fingerprint density at radius 2 is 2.03 bits per heavy atom. The molecule has 1 spiro atoms. The van der Waals surface area contributed by atoms with Gasteiger partial charge in [-0.15, -0.1) is 0 Å². The molecular formula is C24H30N6O. The first-order chi connectivity index (χ1) is 15.2. The third-order valence-corrected chi connectivity index (χ3v) is 6.60. The van der Waals surface area contributed by atoms with Crippen LogP contribution in [0.3, 0.4) is 0 Å². The number of likely N-dealkylation sites (tertiary alicyclic amines) is 1. The van der Waals surface area contributed by atoms with E-state index in [1.807, 2.05) is 35.2 Å². The maximum Gasteiger partial charge on any atom is 0.317 e. The molecule has 3 aliphatic rings. The van der Waals surface area contributed by atoms with Crippen LogP contribution in [0.1, 0.15) is 37.7 Å². The third kappa shape index (κ3) is 4.22. The van der Waals surface area contributed by atoms with Crippen LogP contribution in [0.15, 0.2) is 53.7 Å². The Kier molecular flexibility index (Phi) is 5.49. The van der Waals surface area contributed by atoms with E-state index in [1.54, 1.807) is 6.20 Å². The highest BCUT2D eigenvalue weighted by Crippen LogP contribution is 2.36. The molecule has 0 bridgehead atoms. The predicted molar refractivity (Wildman–Crippen MR) is 124 cm³/mol. The zero-order valence-corrected chi connectivity index (χ0v) is 17.8. The summed E-state index contributed by atoms with van der Waals surface area (Å²) in [5.41, 5.74) is 1.82. The number of pyridine rings is 1. The van der Waals surface area contributed by atoms with Crippen molar-refractivity contribution in [1.29, 1.82) is 0 Å². The lowest BCUT2D eigenvalue weighted by atomic mass is 9.93. The summed E-state index contributed by atoms with van der Waals surface area (Å²) in [5, 5.41) is 10.3. The number of aliphatic imine (C=N–C) groups is 1. The Labute approximate surface area is 183 Å². The zero-order chi connectivity index (χ0) is 21.1. The van der Waals surface area contributed by atoms with Crippen LogP contribution in [0, 0.1) is 0 Å². The standard InChI is InChI=1S/C24H30N6O/c31-23(26-15-12-18-7-2-1-3-8-18)30-16-13-24(17-30)22(27-19-9-4-5-10-19)28-21-20(29-24)11-6-14-25-21/h1-3,6-8,11,14,19,29H,4-5,9-10,12-13,15-17H2,(H,26,31)(H,25,27,28)/t24-/m0/s1. The minimum atomic E-state index is -0.380. The lowest BCUT2D eigenvalue weighted by molar-refractivity contribution is 0.208. The van der Waals surface area contributed by atoms with Gasteiger partial charge in [0.25, 0.3) is 0 Å². The summed E-state index contributed by atoms with van der Waals surface area (Å²) in [6, 6.07) is 14.6. The molecule has 0 unspecified atom stereocenters. The van der Waals surface area contributed by atoms with E-state index in [-0.39, 0.29) is 11.6 Å². The fourth-order valence-electron chi connectivity index (χ4n) is 4.87. The van der Waals surface area contributed by atoms with Crippen LogP contribution >= 0.6 is 0 Å². The molecule has 5 rings (SSSR count). The number of rotatable bonds is 4. The lowest BCUT2D eigenvalue weighted by Crippen LogP contribution is -2.56. The van der Waals surface area contributed by atoms with Crippen LogP contribution in [0.4, 0.5) is 16.3 Å². The first kappa shape index (κ1) is 19.8. The topological polar surface area (TPSA) is 81.7 Å². The number of amides is 2. The van der Waals surface area contributed by atoms with Crippen LogP contribution < -0.4 is 16.0 Å². The van der Waals surface area contributed by atoms with Crippen molar-refractivity contribution >= 4 is 23.4 Å². The van der Waals surface area contributed by atoms with Gasteiger partial charge in [0, 0.05) is 19.3 Å². The normalized spacial score (nSPS) is 24.1. The molecule has 1 aromatic heterocycles. The van der Waals surface area contributed by atoms with E-state index >= 15 is 0 Å². The van der Waals surface area contributed by atoms with E-state index in [1.165, 1.54) is 18.4 Å². The number of carbonyl (C=O) groups excluding carboxylic acids is 1. The number of nitrogens with one attached hydrogen (secondary N) is 3. The molecule has 2 aliphatic heterocycles. The molecule has 2 fully saturated rings. The Balaban J connectivity index is 1.29. The van der Waals surface area contributed by atoms with Crippen molar-refractivity contribution < 1.29 is 4.79 Å². The number of nitrogens with zero attached hydrogens (tertiary/aromatic N) is 3. The molecular weight excluding hydrogens is 388 g/mol. The van der Waals surface area contributed by atoms with Crippen LogP contribution in [-0.2, 0) is 6.42 Å². The monoisotopic (exact) mass is 418 g/mol. The van der Waals surface area contributed by atoms with E-state index in [2.05, 4.69) is 33.1 Å². The molecule has 3 heterocycles. The first-order valence-electron chi connectivity index (χ1n) is 11.4. The van der Waals surface area contributed by atoms with Crippen LogP contribution in [0.5, 0.6) is 0 Å². The van der Waals surface area contributed by atoms with Crippen molar-refractivity contribution in [1.82, 2.24) is 15.2 Å². The highest BCUT2D eigenvalue weighted by atomic mass is 16.2. The van der Waals surface area contributed by atoms with E-state index < -0.39 is 0 Å². The van der Waals surface area contributed by atoms with E-state index in [0.717, 1.165) is 43.0 Å². The second kappa shape index (κ2) is 8.57. The molecule has 1 aromatic carbocycles. The van der Waals surface area contributed by atoms with Gasteiger partial charge in [0.05, 0.1) is 18.3 Å². The van der Waals surface area contributed by atoms with Gasteiger partial charge in [0.15, 0.2) is 5.82 Å². The average Bonchev–Trinajstić information content (AvgIpc) is 3.46. The predicted octanol–water partition coefficient (Wildman–Crippen LogP) is 3.66. The average molecular weight is 419 g/mol. The Hall–Kier alpha value is -3.09. The summed E-state index contributed by atoms with van der Waals surface area (Å²) in [6.45, 7) is 1.93. The van der Waals surface area contributed by atoms with Gasteiger partial charge < -0.3 is 20.9 Å². The summed E-state index contributed by atoms with van der Waals surface area (Å²) >= 11 is 0. The van der Waals surface area contributed by atoms with Crippen molar-refractivity contribution in [2.24, 2.45) is 4.99 Å². The minimum Gasteiger partial charge on any atom is -0.368 e.